The predicted octanol–water partition coefficient (Wildman–Crippen LogP) is 4.06. The number of ether oxygens (including phenoxy) is 2. The van der Waals surface area contributed by atoms with Gasteiger partial charge in [0.2, 0.25) is 15.9 Å². The van der Waals surface area contributed by atoms with E-state index in [1.807, 2.05) is 62.4 Å². The van der Waals surface area contributed by atoms with E-state index in [2.05, 4.69) is 10.6 Å². The molecule has 0 aliphatic carbocycles. The lowest BCUT2D eigenvalue weighted by atomic mass is 10.00. The van der Waals surface area contributed by atoms with E-state index < -0.39 is 40.2 Å². The number of carbonyl (C=O) groups is 2. The number of nitrogens with zero attached hydrogens (tertiary/aromatic N) is 1. The third-order valence-corrected chi connectivity index (χ3v) is 8.72. The highest BCUT2D eigenvalue weighted by Gasteiger charge is 2.36. The smallest absolute Gasteiger partial charge is 0.408 e. The van der Waals surface area contributed by atoms with Gasteiger partial charge in [0.15, 0.2) is 0 Å². The number of nitrogens with one attached hydrogen (secondary N) is 2. The maximum absolute atomic E-state index is 13.3. The quantitative estimate of drug-likeness (QED) is 0.304. The van der Waals surface area contributed by atoms with Crippen molar-refractivity contribution in [1.82, 2.24) is 14.9 Å². The van der Waals surface area contributed by atoms with Crippen molar-refractivity contribution in [3.05, 3.63) is 90.5 Å². The van der Waals surface area contributed by atoms with Crippen molar-refractivity contribution in [1.29, 1.82) is 0 Å². The monoisotopic (exact) mass is 595 g/mol. The van der Waals surface area contributed by atoms with Crippen molar-refractivity contribution in [2.45, 2.75) is 56.4 Å². The SMILES string of the molecule is CC(C)C[C@H](NC(=O)OCc1ccccc1)C(=O)NC1CCN(S(=O)(=O)c2ccc(Oc3ccccc3)cc2)CC1O. The van der Waals surface area contributed by atoms with Crippen LogP contribution in [0.4, 0.5) is 4.79 Å². The Morgan fingerprint density at radius 1 is 0.952 bits per heavy atom. The standard InChI is InChI=1S/C31H37N3O7S/c1-22(2)19-28(33-31(37)40-21-23-9-5-3-6-10-23)30(36)32-27-17-18-34(20-29(27)35)42(38,39)26-15-13-25(14-16-26)41-24-11-7-4-8-12-24/h3-16,22,27-29,35H,17-21H2,1-2H3,(H,32,36)(H,33,37)/t27?,28-,29?/m0/s1. The zero-order chi connectivity index (χ0) is 30.1. The molecule has 0 bridgehead atoms. The molecule has 224 valence electrons. The maximum Gasteiger partial charge on any atom is 0.408 e. The fourth-order valence-corrected chi connectivity index (χ4v) is 6.11. The number of hydrogen-bond acceptors (Lipinski definition) is 7. The van der Waals surface area contributed by atoms with Crippen LogP contribution in [0.25, 0.3) is 0 Å². The number of alkyl carbamates (subject to hydrolysis) is 1. The van der Waals surface area contributed by atoms with Crippen molar-refractivity contribution >= 4 is 22.0 Å². The van der Waals surface area contributed by atoms with Crippen LogP contribution < -0.4 is 15.4 Å². The van der Waals surface area contributed by atoms with E-state index in [1.165, 1.54) is 16.4 Å². The number of aliphatic hydroxyl groups excluding tert-OH is 1. The summed E-state index contributed by atoms with van der Waals surface area (Å²) in [5.41, 5.74) is 0.818. The second-order valence-corrected chi connectivity index (χ2v) is 12.5. The Morgan fingerprint density at radius 2 is 1.57 bits per heavy atom. The van der Waals surface area contributed by atoms with E-state index >= 15 is 0 Å². The highest BCUT2D eigenvalue weighted by molar-refractivity contribution is 7.89. The van der Waals surface area contributed by atoms with Crippen LogP contribution in [-0.4, -0.2) is 61.1 Å². The van der Waals surface area contributed by atoms with E-state index in [1.54, 1.807) is 24.3 Å². The molecule has 10 nitrogen and oxygen atoms in total. The first-order chi connectivity index (χ1) is 20.1. The Kier molecular flexibility index (Phi) is 10.6. The molecule has 2 amide bonds. The summed E-state index contributed by atoms with van der Waals surface area (Å²) >= 11 is 0. The van der Waals surface area contributed by atoms with Gasteiger partial charge in [0.05, 0.1) is 17.0 Å². The number of β-amino-alcohol motifs (C(OH)–C–C–N with tert-alkyl or cyclic N) is 1. The molecule has 1 saturated heterocycles. The topological polar surface area (TPSA) is 134 Å². The molecule has 0 radical (unpaired) electrons. The maximum atomic E-state index is 13.3. The summed E-state index contributed by atoms with van der Waals surface area (Å²) in [5.74, 6) is 0.761. The number of rotatable bonds is 11. The Labute approximate surface area is 246 Å². The van der Waals surface area contributed by atoms with E-state index in [0.29, 0.717) is 17.9 Å². The molecule has 0 spiro atoms. The molecule has 1 heterocycles. The second kappa shape index (κ2) is 14.3. The van der Waals surface area contributed by atoms with Crippen molar-refractivity contribution in [2.24, 2.45) is 5.92 Å². The van der Waals surface area contributed by atoms with Crippen LogP contribution in [0.1, 0.15) is 32.3 Å². The summed E-state index contributed by atoms with van der Waals surface area (Å²) in [7, 11) is -3.88. The Hall–Kier alpha value is -3.93. The second-order valence-electron chi connectivity index (χ2n) is 10.6. The van der Waals surface area contributed by atoms with E-state index in [-0.39, 0.29) is 36.9 Å². The van der Waals surface area contributed by atoms with E-state index in [0.717, 1.165) is 5.56 Å². The van der Waals surface area contributed by atoms with E-state index in [9.17, 15) is 23.1 Å². The van der Waals surface area contributed by atoms with Crippen LogP contribution >= 0.6 is 0 Å². The summed E-state index contributed by atoms with van der Waals surface area (Å²) in [5, 5.41) is 16.2. The van der Waals surface area contributed by atoms with Crippen LogP contribution in [-0.2, 0) is 26.2 Å². The van der Waals surface area contributed by atoms with E-state index in [4.69, 9.17) is 9.47 Å². The van der Waals surface area contributed by atoms with Gasteiger partial charge in [-0.3, -0.25) is 4.79 Å². The minimum Gasteiger partial charge on any atom is -0.457 e. The average molecular weight is 596 g/mol. The van der Waals surface area contributed by atoms with Crippen LogP contribution in [0.3, 0.4) is 0 Å². The van der Waals surface area contributed by atoms with Crippen LogP contribution in [0.15, 0.2) is 89.8 Å². The minimum absolute atomic E-state index is 0.0666. The van der Waals surface area contributed by atoms with Gasteiger partial charge in [0.25, 0.3) is 0 Å². The van der Waals surface area contributed by atoms with Crippen LogP contribution in [0.5, 0.6) is 11.5 Å². The molecule has 3 atom stereocenters. The first kappa shape index (κ1) is 31.0. The minimum atomic E-state index is -3.88. The van der Waals surface area contributed by atoms with Gasteiger partial charge in [-0.1, -0.05) is 62.4 Å². The number of piperidine rings is 1. The fourth-order valence-electron chi connectivity index (χ4n) is 4.64. The van der Waals surface area contributed by atoms with Crippen LogP contribution in [0, 0.1) is 5.92 Å². The molecule has 4 rings (SSSR count). The van der Waals surface area contributed by atoms with Crippen molar-refractivity contribution in [2.75, 3.05) is 13.1 Å². The molecule has 3 N–H and O–H groups in total. The van der Waals surface area contributed by atoms with Crippen LogP contribution in [0.2, 0.25) is 0 Å². The zero-order valence-corrected chi connectivity index (χ0v) is 24.5. The zero-order valence-electron chi connectivity index (χ0n) is 23.7. The van der Waals surface area contributed by atoms with Gasteiger partial charge in [-0.25, -0.2) is 13.2 Å². The van der Waals surface area contributed by atoms with Gasteiger partial charge < -0.3 is 25.2 Å². The summed E-state index contributed by atoms with van der Waals surface area (Å²) in [4.78, 5) is 25.6. The number of benzene rings is 3. The van der Waals surface area contributed by atoms with Gasteiger partial charge in [-0.15, -0.1) is 0 Å². The summed E-state index contributed by atoms with van der Waals surface area (Å²) < 4.78 is 38.8. The van der Waals surface area contributed by atoms with Gasteiger partial charge in [-0.05, 0) is 60.7 Å². The predicted molar refractivity (Wildman–Crippen MR) is 157 cm³/mol. The molecule has 42 heavy (non-hydrogen) atoms. The molecular formula is C31H37N3O7S. The van der Waals surface area contributed by atoms with Crippen molar-refractivity contribution in [3.8, 4) is 11.5 Å². The third kappa shape index (κ3) is 8.54. The van der Waals surface area contributed by atoms with Gasteiger partial charge in [0, 0.05) is 13.1 Å². The molecule has 3 aromatic rings. The third-order valence-electron chi connectivity index (χ3n) is 6.84. The number of amides is 2. The summed E-state index contributed by atoms with van der Waals surface area (Å²) in [6, 6.07) is 22.9. The molecule has 0 aromatic heterocycles. The number of carbonyl (C=O) groups excluding carboxylic acids is 2. The lowest BCUT2D eigenvalue weighted by Gasteiger charge is -2.36. The molecule has 0 saturated carbocycles. The van der Waals surface area contributed by atoms with Crippen molar-refractivity contribution < 1.29 is 32.6 Å². The largest absolute Gasteiger partial charge is 0.457 e. The Bertz CT molecular complexity index is 1420. The normalized spacial score (nSPS) is 18.2. The summed E-state index contributed by atoms with van der Waals surface area (Å²) in [6.07, 6.45) is -1.29. The average Bonchev–Trinajstić information content (AvgIpc) is 2.98. The highest BCUT2D eigenvalue weighted by atomic mass is 32.2. The molecular weight excluding hydrogens is 558 g/mol. The highest BCUT2D eigenvalue weighted by Crippen LogP contribution is 2.26. The number of sulfonamides is 1. The molecule has 3 aromatic carbocycles. The van der Waals surface area contributed by atoms with Gasteiger partial charge in [-0.2, -0.15) is 4.31 Å². The van der Waals surface area contributed by atoms with Gasteiger partial charge in [0.1, 0.15) is 24.1 Å². The molecule has 1 fully saturated rings. The number of aliphatic hydroxyl groups is 1. The lowest BCUT2D eigenvalue weighted by molar-refractivity contribution is -0.125. The molecule has 2 unspecified atom stereocenters. The molecule has 1 aliphatic rings. The Balaban J connectivity index is 1.32. The fraction of sp³-hybridized carbons (Fsp3) is 0.355. The first-order valence-electron chi connectivity index (χ1n) is 13.9. The van der Waals surface area contributed by atoms with Gasteiger partial charge >= 0.3 is 6.09 Å². The number of para-hydroxylation sites is 1. The lowest BCUT2D eigenvalue weighted by Crippen LogP contribution is -2.58. The van der Waals surface area contributed by atoms with Crippen molar-refractivity contribution in [3.63, 3.8) is 0 Å². The molecule has 11 heteroatoms. The summed E-state index contributed by atoms with van der Waals surface area (Å²) in [6.45, 7) is 3.84. The number of hydrogen-bond donors (Lipinski definition) is 3. The Morgan fingerprint density at radius 3 is 2.19 bits per heavy atom. The first-order valence-corrected chi connectivity index (χ1v) is 15.3. The molecule has 1 aliphatic heterocycles.